The monoisotopic (exact) mass is 475 g/mol. The second kappa shape index (κ2) is 11.3. The second-order valence-electron chi connectivity index (χ2n) is 9.35. The van der Waals surface area contributed by atoms with Crippen molar-refractivity contribution < 1.29 is 9.59 Å². The van der Waals surface area contributed by atoms with Gasteiger partial charge in [-0.3, -0.25) is 4.79 Å². The topological polar surface area (TPSA) is 52.7 Å². The minimum Gasteiger partial charge on any atom is -0.332 e. The van der Waals surface area contributed by atoms with Gasteiger partial charge in [-0.15, -0.1) is 11.3 Å². The van der Waals surface area contributed by atoms with Crippen molar-refractivity contribution >= 4 is 29.0 Å². The van der Waals surface area contributed by atoms with Crippen molar-refractivity contribution in [1.82, 2.24) is 9.80 Å². The van der Waals surface area contributed by atoms with Crippen molar-refractivity contribution in [2.24, 2.45) is 5.92 Å². The maximum Gasteiger partial charge on any atom is 0.322 e. The minimum atomic E-state index is -0.215. The first kappa shape index (κ1) is 24.0. The molecule has 0 unspecified atom stereocenters. The summed E-state index contributed by atoms with van der Waals surface area (Å²) in [5.74, 6) is 0.887. The van der Waals surface area contributed by atoms with Gasteiger partial charge in [-0.25, -0.2) is 4.79 Å². The first-order valence-corrected chi connectivity index (χ1v) is 12.9. The Morgan fingerprint density at radius 3 is 2.29 bits per heavy atom. The van der Waals surface area contributed by atoms with E-state index in [2.05, 4.69) is 19.2 Å². The Bertz CT molecular complexity index is 1060. The van der Waals surface area contributed by atoms with Gasteiger partial charge in [-0.05, 0) is 59.4 Å². The van der Waals surface area contributed by atoms with Crippen LogP contribution in [0.15, 0.2) is 72.1 Å². The average molecular weight is 476 g/mol. The normalized spacial score (nSPS) is 13.0. The molecule has 4 rings (SSSR count). The van der Waals surface area contributed by atoms with E-state index in [4.69, 9.17) is 0 Å². The molecule has 0 bridgehead atoms. The number of carbonyl (C=O) groups excluding carboxylic acids is 2. The molecular formula is C28H33N3O2S. The quantitative estimate of drug-likeness (QED) is 0.372. The van der Waals surface area contributed by atoms with Crippen LogP contribution in [0.5, 0.6) is 0 Å². The molecule has 1 aromatic heterocycles. The fraction of sp³-hybridized carbons (Fsp3) is 0.357. The molecule has 0 aliphatic heterocycles. The van der Waals surface area contributed by atoms with Crippen molar-refractivity contribution in [2.75, 3.05) is 18.4 Å². The predicted molar refractivity (Wildman–Crippen MR) is 139 cm³/mol. The Morgan fingerprint density at radius 2 is 1.68 bits per heavy atom. The average Bonchev–Trinajstić information content (AvgIpc) is 3.51. The van der Waals surface area contributed by atoms with E-state index in [1.807, 2.05) is 77.0 Å². The Kier molecular flexibility index (Phi) is 8.01. The predicted octanol–water partition coefficient (Wildman–Crippen LogP) is 6.34. The molecule has 0 radical (unpaired) electrons. The van der Waals surface area contributed by atoms with Crippen LogP contribution in [0.1, 0.15) is 48.6 Å². The molecule has 1 fully saturated rings. The lowest BCUT2D eigenvalue weighted by Crippen LogP contribution is -2.44. The third kappa shape index (κ3) is 6.94. The summed E-state index contributed by atoms with van der Waals surface area (Å²) in [6.07, 6.45) is 2.23. The van der Waals surface area contributed by atoms with Crippen LogP contribution >= 0.6 is 11.3 Å². The Balaban J connectivity index is 1.45. The fourth-order valence-electron chi connectivity index (χ4n) is 3.88. The van der Waals surface area contributed by atoms with Crippen molar-refractivity contribution in [2.45, 2.75) is 45.7 Å². The number of nitrogens with zero attached hydrogens (tertiary/aromatic N) is 2. The number of hydrogen-bond donors (Lipinski definition) is 1. The number of rotatable bonds is 10. The number of urea groups is 1. The van der Waals surface area contributed by atoms with Crippen molar-refractivity contribution in [3.63, 3.8) is 0 Å². The van der Waals surface area contributed by atoms with E-state index in [0.717, 1.165) is 29.0 Å². The first-order chi connectivity index (χ1) is 16.5. The van der Waals surface area contributed by atoms with Crippen LogP contribution in [0.4, 0.5) is 10.5 Å². The molecule has 1 aliphatic rings. The lowest BCUT2D eigenvalue weighted by molar-refractivity contribution is -0.133. The number of carbonyl (C=O) groups is 2. The SMILES string of the molecule is CC(C)c1ccc(NC(=O)N(CC(=O)N(Cc2ccccc2)Cc2cccs2)CC2CC2)cc1. The van der Waals surface area contributed by atoms with Crippen LogP contribution in [0.3, 0.4) is 0 Å². The lowest BCUT2D eigenvalue weighted by Gasteiger charge is -2.28. The van der Waals surface area contributed by atoms with Gasteiger partial charge >= 0.3 is 6.03 Å². The largest absolute Gasteiger partial charge is 0.332 e. The van der Waals surface area contributed by atoms with E-state index >= 15 is 0 Å². The summed E-state index contributed by atoms with van der Waals surface area (Å²) in [6, 6.07) is 21.8. The molecule has 1 heterocycles. The summed E-state index contributed by atoms with van der Waals surface area (Å²) in [5, 5.41) is 5.02. The molecular weight excluding hydrogens is 442 g/mol. The molecule has 5 nitrogen and oxygen atoms in total. The number of hydrogen-bond acceptors (Lipinski definition) is 3. The van der Waals surface area contributed by atoms with Crippen LogP contribution in [-0.2, 0) is 17.9 Å². The highest BCUT2D eigenvalue weighted by Crippen LogP contribution is 2.30. The van der Waals surface area contributed by atoms with E-state index in [1.165, 1.54) is 5.56 Å². The van der Waals surface area contributed by atoms with E-state index in [0.29, 0.717) is 31.5 Å². The molecule has 0 saturated heterocycles. The summed E-state index contributed by atoms with van der Waals surface area (Å²) in [4.78, 5) is 31.3. The highest BCUT2D eigenvalue weighted by Gasteiger charge is 2.29. The van der Waals surface area contributed by atoms with Crippen LogP contribution < -0.4 is 5.32 Å². The zero-order valence-corrected chi connectivity index (χ0v) is 20.8. The van der Waals surface area contributed by atoms with Crippen molar-refractivity contribution in [3.8, 4) is 0 Å². The van der Waals surface area contributed by atoms with Crippen molar-refractivity contribution in [3.05, 3.63) is 88.1 Å². The van der Waals surface area contributed by atoms with Gasteiger partial charge in [0.1, 0.15) is 6.54 Å². The molecule has 0 spiro atoms. The van der Waals surface area contributed by atoms with Gasteiger partial charge in [0.05, 0.1) is 6.54 Å². The van der Waals surface area contributed by atoms with Gasteiger partial charge in [0.25, 0.3) is 0 Å². The van der Waals surface area contributed by atoms with Gasteiger partial charge in [0, 0.05) is 23.7 Å². The maximum atomic E-state index is 13.5. The molecule has 1 aliphatic carbocycles. The van der Waals surface area contributed by atoms with Gasteiger partial charge in [0.2, 0.25) is 5.91 Å². The molecule has 1 saturated carbocycles. The molecule has 2 aromatic carbocycles. The fourth-order valence-corrected chi connectivity index (χ4v) is 4.59. The molecule has 6 heteroatoms. The van der Waals surface area contributed by atoms with Gasteiger partial charge < -0.3 is 15.1 Å². The number of amides is 3. The zero-order chi connectivity index (χ0) is 23.9. The smallest absolute Gasteiger partial charge is 0.322 e. The molecule has 34 heavy (non-hydrogen) atoms. The van der Waals surface area contributed by atoms with Crippen molar-refractivity contribution in [1.29, 1.82) is 0 Å². The lowest BCUT2D eigenvalue weighted by atomic mass is 10.0. The third-order valence-electron chi connectivity index (χ3n) is 6.11. The molecule has 3 aromatic rings. The van der Waals surface area contributed by atoms with Gasteiger partial charge in [0.15, 0.2) is 0 Å². The number of anilines is 1. The van der Waals surface area contributed by atoms with E-state index in [9.17, 15) is 9.59 Å². The highest BCUT2D eigenvalue weighted by molar-refractivity contribution is 7.09. The Morgan fingerprint density at radius 1 is 0.941 bits per heavy atom. The zero-order valence-electron chi connectivity index (χ0n) is 19.9. The molecule has 3 amide bonds. The summed E-state index contributed by atoms with van der Waals surface area (Å²) < 4.78 is 0. The standard InChI is InChI=1S/C28H33N3O2S/c1-21(2)24-12-14-25(15-13-24)29-28(33)31(18-23-10-11-23)20-27(32)30(19-26-9-6-16-34-26)17-22-7-4-3-5-8-22/h3-9,12-16,21,23H,10-11,17-20H2,1-2H3,(H,29,33). The number of thiophene rings is 1. The molecule has 178 valence electrons. The maximum absolute atomic E-state index is 13.5. The van der Waals surface area contributed by atoms with Gasteiger partial charge in [-0.1, -0.05) is 62.4 Å². The number of nitrogens with one attached hydrogen (secondary N) is 1. The van der Waals surface area contributed by atoms with Crippen LogP contribution in [-0.4, -0.2) is 34.8 Å². The third-order valence-corrected chi connectivity index (χ3v) is 6.97. The summed E-state index contributed by atoms with van der Waals surface area (Å²) >= 11 is 1.64. The van der Waals surface area contributed by atoms with E-state index in [-0.39, 0.29) is 18.5 Å². The van der Waals surface area contributed by atoms with Gasteiger partial charge in [-0.2, -0.15) is 0 Å². The minimum absolute atomic E-state index is 0.0387. The first-order valence-electron chi connectivity index (χ1n) is 12.0. The van der Waals surface area contributed by atoms with E-state index < -0.39 is 0 Å². The highest BCUT2D eigenvalue weighted by atomic mass is 32.1. The summed E-state index contributed by atoms with van der Waals surface area (Å²) in [5.41, 5.74) is 3.06. The number of benzene rings is 2. The van der Waals surface area contributed by atoms with Crippen LogP contribution in [0.2, 0.25) is 0 Å². The van der Waals surface area contributed by atoms with Crippen LogP contribution in [0, 0.1) is 5.92 Å². The van der Waals surface area contributed by atoms with Crippen LogP contribution in [0.25, 0.3) is 0 Å². The Labute approximate surface area is 206 Å². The summed E-state index contributed by atoms with van der Waals surface area (Å²) in [7, 11) is 0. The molecule has 0 atom stereocenters. The van der Waals surface area contributed by atoms with E-state index in [1.54, 1.807) is 16.2 Å². The molecule has 1 N–H and O–H groups in total. The second-order valence-corrected chi connectivity index (χ2v) is 10.4. The Hall–Kier alpha value is -3.12. The summed E-state index contributed by atoms with van der Waals surface area (Å²) in [6.45, 7) is 6.04.